The van der Waals surface area contributed by atoms with Gasteiger partial charge in [0.25, 0.3) is 5.91 Å². The van der Waals surface area contributed by atoms with Crippen molar-refractivity contribution < 1.29 is 22.7 Å². The minimum Gasteiger partial charge on any atom is -0.497 e. The lowest BCUT2D eigenvalue weighted by Crippen LogP contribution is -2.17. The van der Waals surface area contributed by atoms with E-state index in [0.717, 1.165) is 17.5 Å². The molecule has 2 aromatic carbocycles. The van der Waals surface area contributed by atoms with Crippen LogP contribution in [0.5, 0.6) is 5.75 Å². The molecule has 0 saturated carbocycles. The molecule has 0 bridgehead atoms. The highest BCUT2D eigenvalue weighted by Crippen LogP contribution is 2.34. The van der Waals surface area contributed by atoms with Crippen LogP contribution in [0.2, 0.25) is 0 Å². The predicted molar refractivity (Wildman–Crippen MR) is 99.9 cm³/mol. The first-order chi connectivity index (χ1) is 13.4. The van der Waals surface area contributed by atoms with Gasteiger partial charge in [0, 0.05) is 5.69 Å². The molecule has 8 heteroatoms. The predicted octanol–water partition coefficient (Wildman–Crippen LogP) is 5.10. The molecule has 0 aliphatic heterocycles. The van der Waals surface area contributed by atoms with Crippen molar-refractivity contribution in [2.24, 2.45) is 0 Å². The molecule has 0 aliphatic rings. The van der Waals surface area contributed by atoms with Crippen LogP contribution in [-0.2, 0) is 6.18 Å². The van der Waals surface area contributed by atoms with E-state index in [1.807, 2.05) is 12.1 Å². The van der Waals surface area contributed by atoms with E-state index in [2.05, 4.69) is 15.6 Å². The molecule has 0 saturated heterocycles. The monoisotopic (exact) mass is 387 g/mol. The van der Waals surface area contributed by atoms with Crippen molar-refractivity contribution in [2.75, 3.05) is 17.7 Å². The van der Waals surface area contributed by atoms with Crippen LogP contribution in [-0.4, -0.2) is 18.0 Å². The number of nitrogens with zero attached hydrogens (tertiary/aromatic N) is 1. The first-order valence-corrected chi connectivity index (χ1v) is 8.21. The van der Waals surface area contributed by atoms with Crippen LogP contribution in [0.25, 0.3) is 0 Å². The largest absolute Gasteiger partial charge is 0.497 e. The minimum atomic E-state index is -4.57. The second-order valence-corrected chi connectivity index (χ2v) is 5.78. The Hall–Kier alpha value is -3.55. The average molecular weight is 387 g/mol. The Morgan fingerprint density at radius 2 is 1.64 bits per heavy atom. The Labute approximate surface area is 159 Å². The van der Waals surface area contributed by atoms with E-state index < -0.39 is 17.6 Å². The second-order valence-electron chi connectivity index (χ2n) is 5.78. The lowest BCUT2D eigenvalue weighted by Gasteiger charge is -2.13. The van der Waals surface area contributed by atoms with Crippen LogP contribution >= 0.6 is 0 Å². The summed E-state index contributed by atoms with van der Waals surface area (Å²) in [4.78, 5) is 16.3. The van der Waals surface area contributed by atoms with E-state index in [-0.39, 0.29) is 11.4 Å². The van der Waals surface area contributed by atoms with Crippen molar-refractivity contribution in [3.8, 4) is 5.75 Å². The summed E-state index contributed by atoms with van der Waals surface area (Å²) in [6.45, 7) is 0. The molecule has 1 aromatic heterocycles. The smallest absolute Gasteiger partial charge is 0.418 e. The Balaban J connectivity index is 1.70. The first kappa shape index (κ1) is 19.2. The summed E-state index contributed by atoms with van der Waals surface area (Å²) in [5, 5.41) is 5.36. The van der Waals surface area contributed by atoms with Gasteiger partial charge in [0.15, 0.2) is 0 Å². The molecule has 0 spiro atoms. The molecule has 5 nitrogen and oxygen atoms in total. The molecule has 144 valence electrons. The number of halogens is 3. The van der Waals surface area contributed by atoms with Gasteiger partial charge in [-0.3, -0.25) is 4.79 Å². The molecule has 28 heavy (non-hydrogen) atoms. The minimum absolute atomic E-state index is 0.00254. The van der Waals surface area contributed by atoms with Crippen LogP contribution in [0.4, 0.5) is 30.2 Å². The molecule has 3 aromatic rings. The molecular weight excluding hydrogens is 371 g/mol. The summed E-state index contributed by atoms with van der Waals surface area (Å²) in [5.74, 6) is -0.0115. The Morgan fingerprint density at radius 1 is 0.964 bits per heavy atom. The zero-order valence-corrected chi connectivity index (χ0v) is 14.7. The average Bonchev–Trinajstić information content (AvgIpc) is 2.69. The third-order valence-electron chi connectivity index (χ3n) is 3.86. The summed E-state index contributed by atoms with van der Waals surface area (Å²) in [5.41, 5.74) is 0.178. The van der Waals surface area contributed by atoms with Crippen molar-refractivity contribution in [3.63, 3.8) is 0 Å². The highest BCUT2D eigenvalue weighted by Gasteiger charge is 2.33. The van der Waals surface area contributed by atoms with Gasteiger partial charge in [-0.15, -0.1) is 0 Å². The van der Waals surface area contributed by atoms with Crippen LogP contribution in [0.15, 0.2) is 66.9 Å². The molecule has 0 aliphatic carbocycles. The first-order valence-electron chi connectivity index (χ1n) is 8.21. The van der Waals surface area contributed by atoms with Gasteiger partial charge in [-0.1, -0.05) is 12.1 Å². The van der Waals surface area contributed by atoms with Crippen molar-refractivity contribution in [3.05, 3.63) is 78.1 Å². The number of ether oxygens (including phenoxy) is 1. The van der Waals surface area contributed by atoms with Gasteiger partial charge in [-0.05, 0) is 48.5 Å². The number of carbonyl (C=O) groups excluding carboxylic acids is 1. The maximum absolute atomic E-state index is 13.0. The summed E-state index contributed by atoms with van der Waals surface area (Å²) in [7, 11) is 1.57. The maximum Gasteiger partial charge on any atom is 0.418 e. The van der Waals surface area contributed by atoms with Crippen molar-refractivity contribution >= 4 is 23.0 Å². The summed E-state index contributed by atoms with van der Waals surface area (Å²) < 4.78 is 44.2. The molecule has 0 unspecified atom stereocenters. The zero-order chi connectivity index (χ0) is 20.1. The highest BCUT2D eigenvalue weighted by molar-refractivity contribution is 6.03. The third-order valence-corrected chi connectivity index (χ3v) is 3.86. The topological polar surface area (TPSA) is 63.2 Å². The summed E-state index contributed by atoms with van der Waals surface area (Å²) in [6, 6.07) is 15.0. The Kier molecular flexibility index (Phi) is 5.49. The number of amides is 1. The van der Waals surface area contributed by atoms with Gasteiger partial charge in [-0.2, -0.15) is 13.2 Å². The summed E-state index contributed by atoms with van der Waals surface area (Å²) >= 11 is 0. The van der Waals surface area contributed by atoms with Crippen molar-refractivity contribution in [2.45, 2.75) is 6.18 Å². The lowest BCUT2D eigenvalue weighted by molar-refractivity contribution is -0.136. The fraction of sp³-hybridized carbons (Fsp3) is 0.100. The van der Waals surface area contributed by atoms with Gasteiger partial charge >= 0.3 is 6.18 Å². The molecule has 0 fully saturated rings. The van der Waals surface area contributed by atoms with Gasteiger partial charge in [0.2, 0.25) is 0 Å². The molecular formula is C20H16F3N3O2. The third kappa shape index (κ3) is 4.59. The number of pyridine rings is 1. The number of benzene rings is 2. The molecule has 1 heterocycles. The van der Waals surface area contributed by atoms with Crippen LogP contribution in [0, 0.1) is 0 Å². The maximum atomic E-state index is 13.0. The number of rotatable bonds is 5. The number of anilines is 3. The number of carbonyl (C=O) groups is 1. The fourth-order valence-corrected chi connectivity index (χ4v) is 2.47. The van der Waals surface area contributed by atoms with E-state index >= 15 is 0 Å². The van der Waals surface area contributed by atoms with E-state index in [4.69, 9.17) is 4.74 Å². The van der Waals surface area contributed by atoms with Gasteiger partial charge in [-0.25, -0.2) is 4.98 Å². The fourth-order valence-electron chi connectivity index (χ4n) is 2.47. The van der Waals surface area contributed by atoms with E-state index in [1.54, 1.807) is 25.3 Å². The van der Waals surface area contributed by atoms with Crippen LogP contribution in [0.1, 0.15) is 16.1 Å². The molecule has 0 radical (unpaired) electrons. The van der Waals surface area contributed by atoms with Crippen molar-refractivity contribution in [1.29, 1.82) is 0 Å². The number of methoxy groups -OCH3 is 1. The highest BCUT2D eigenvalue weighted by atomic mass is 19.4. The second kappa shape index (κ2) is 7.99. The normalized spacial score (nSPS) is 11.0. The Bertz CT molecular complexity index is 956. The molecule has 1 amide bonds. The van der Waals surface area contributed by atoms with Gasteiger partial charge in [0.1, 0.15) is 11.4 Å². The number of para-hydroxylation sites is 1. The quantitative estimate of drug-likeness (QED) is 0.639. The van der Waals surface area contributed by atoms with Gasteiger partial charge in [0.05, 0.1) is 30.2 Å². The molecule has 2 N–H and O–H groups in total. The standard InChI is InChI=1S/C20H16F3N3O2/c1-28-15-9-6-13(7-10-15)25-14-8-11-18(24-12-14)19(27)26-17-5-3-2-4-16(17)20(21,22)23/h2-12,25H,1H3,(H,26,27). The number of nitrogens with one attached hydrogen (secondary N) is 2. The zero-order valence-electron chi connectivity index (χ0n) is 14.7. The number of hydrogen-bond acceptors (Lipinski definition) is 4. The van der Waals surface area contributed by atoms with Gasteiger partial charge < -0.3 is 15.4 Å². The SMILES string of the molecule is COc1ccc(Nc2ccc(C(=O)Nc3ccccc3C(F)(F)F)nc2)cc1. The van der Waals surface area contributed by atoms with Crippen LogP contribution in [0.3, 0.4) is 0 Å². The van der Waals surface area contributed by atoms with E-state index in [9.17, 15) is 18.0 Å². The Morgan fingerprint density at radius 3 is 2.25 bits per heavy atom. The molecule has 0 atom stereocenters. The number of hydrogen-bond donors (Lipinski definition) is 2. The van der Waals surface area contributed by atoms with Crippen LogP contribution < -0.4 is 15.4 Å². The number of alkyl halides is 3. The van der Waals surface area contributed by atoms with E-state index in [0.29, 0.717) is 5.69 Å². The summed E-state index contributed by atoms with van der Waals surface area (Å²) in [6.07, 6.45) is -3.14. The molecule has 3 rings (SSSR count). The van der Waals surface area contributed by atoms with Crippen molar-refractivity contribution in [1.82, 2.24) is 4.98 Å². The number of aromatic nitrogens is 1. The lowest BCUT2D eigenvalue weighted by atomic mass is 10.1. The van der Waals surface area contributed by atoms with E-state index in [1.165, 1.54) is 30.5 Å².